The maximum Gasteiger partial charge on any atom is 0.0816 e. The number of nitrogens with zero attached hydrogens (tertiary/aromatic N) is 1. The fourth-order valence-corrected chi connectivity index (χ4v) is 2.80. The molecule has 2 N–H and O–H groups in total. The molecule has 1 unspecified atom stereocenters. The Hall–Kier alpha value is -1.06. The van der Waals surface area contributed by atoms with Gasteiger partial charge in [-0.15, -0.1) is 0 Å². The van der Waals surface area contributed by atoms with Crippen molar-refractivity contribution in [3.05, 3.63) is 29.8 Å². The van der Waals surface area contributed by atoms with Gasteiger partial charge < -0.3 is 15.1 Å². The second-order valence-corrected chi connectivity index (χ2v) is 5.57. The molecule has 0 saturated heterocycles. The third-order valence-electron chi connectivity index (χ3n) is 4.34. The number of anilines is 1. The van der Waals surface area contributed by atoms with Crippen LogP contribution in [0.2, 0.25) is 0 Å². The van der Waals surface area contributed by atoms with Crippen LogP contribution in [0.25, 0.3) is 0 Å². The van der Waals surface area contributed by atoms with E-state index in [1.54, 1.807) is 0 Å². The predicted molar refractivity (Wildman–Crippen MR) is 78.4 cm³/mol. The van der Waals surface area contributed by atoms with Gasteiger partial charge in [0.2, 0.25) is 0 Å². The zero-order valence-corrected chi connectivity index (χ0v) is 12.0. The molecule has 0 aliphatic carbocycles. The molecular formula is C16H25NO2. The zero-order chi connectivity index (χ0) is 13.9. The minimum Gasteiger partial charge on any atom is -0.388 e. The highest BCUT2D eigenvalue weighted by atomic mass is 16.3. The molecule has 1 aliphatic heterocycles. The first-order valence-electron chi connectivity index (χ1n) is 7.34. The Kier molecular flexibility index (Phi) is 4.48. The maximum atomic E-state index is 10.6. The van der Waals surface area contributed by atoms with Crippen LogP contribution in [0.4, 0.5) is 5.69 Å². The topological polar surface area (TPSA) is 43.7 Å². The van der Waals surface area contributed by atoms with Crippen molar-refractivity contribution in [1.29, 1.82) is 0 Å². The zero-order valence-electron chi connectivity index (χ0n) is 12.0. The standard InChI is InChI=1S/C16H25NO2/c1-3-16(19,4-2)12-17-11-7-10-15(18)13-8-5-6-9-14(13)17/h5-6,8-9,15,18-19H,3-4,7,10-12H2,1-2H3. The molecule has 3 heteroatoms. The van der Waals surface area contributed by atoms with Crippen LogP contribution in [0.3, 0.4) is 0 Å². The third-order valence-corrected chi connectivity index (χ3v) is 4.34. The maximum absolute atomic E-state index is 10.6. The van der Waals surface area contributed by atoms with E-state index in [-0.39, 0.29) is 6.10 Å². The summed E-state index contributed by atoms with van der Waals surface area (Å²) in [6, 6.07) is 8.02. The van der Waals surface area contributed by atoms with E-state index in [4.69, 9.17) is 0 Å². The van der Waals surface area contributed by atoms with Gasteiger partial charge in [-0.2, -0.15) is 0 Å². The van der Waals surface area contributed by atoms with Crippen molar-refractivity contribution in [3.8, 4) is 0 Å². The molecule has 0 fully saturated rings. The third kappa shape index (κ3) is 3.10. The molecule has 1 heterocycles. The van der Waals surface area contributed by atoms with Gasteiger partial charge in [-0.25, -0.2) is 0 Å². The van der Waals surface area contributed by atoms with Crippen molar-refractivity contribution < 1.29 is 10.2 Å². The van der Waals surface area contributed by atoms with E-state index in [9.17, 15) is 10.2 Å². The van der Waals surface area contributed by atoms with Crippen LogP contribution < -0.4 is 4.90 Å². The van der Waals surface area contributed by atoms with E-state index < -0.39 is 5.60 Å². The summed E-state index contributed by atoms with van der Waals surface area (Å²) in [6.07, 6.45) is 2.89. The number of benzene rings is 1. The minimum atomic E-state index is -0.637. The number of aliphatic hydroxyl groups excluding tert-OH is 1. The van der Waals surface area contributed by atoms with Gasteiger partial charge in [0.25, 0.3) is 0 Å². The molecule has 1 aromatic carbocycles. The highest BCUT2D eigenvalue weighted by Crippen LogP contribution is 2.34. The van der Waals surface area contributed by atoms with Gasteiger partial charge in [0.05, 0.1) is 11.7 Å². The van der Waals surface area contributed by atoms with E-state index in [1.807, 2.05) is 32.0 Å². The van der Waals surface area contributed by atoms with Crippen LogP contribution in [-0.2, 0) is 0 Å². The van der Waals surface area contributed by atoms with Crippen molar-refractivity contribution in [2.75, 3.05) is 18.0 Å². The smallest absolute Gasteiger partial charge is 0.0816 e. The summed E-state index contributed by atoms with van der Waals surface area (Å²) in [4.78, 5) is 2.23. The summed E-state index contributed by atoms with van der Waals surface area (Å²) in [5.74, 6) is 0. The monoisotopic (exact) mass is 263 g/mol. The molecular weight excluding hydrogens is 238 g/mol. The fraction of sp³-hybridized carbons (Fsp3) is 0.625. The van der Waals surface area contributed by atoms with Crippen LogP contribution in [-0.4, -0.2) is 28.9 Å². The quantitative estimate of drug-likeness (QED) is 0.878. The molecule has 1 aliphatic rings. The van der Waals surface area contributed by atoms with Gasteiger partial charge in [0.1, 0.15) is 0 Å². The van der Waals surface area contributed by atoms with Gasteiger partial charge in [-0.05, 0) is 31.7 Å². The van der Waals surface area contributed by atoms with Crippen LogP contribution in [0.15, 0.2) is 24.3 Å². The van der Waals surface area contributed by atoms with Crippen molar-refractivity contribution in [2.45, 2.75) is 51.2 Å². The van der Waals surface area contributed by atoms with Gasteiger partial charge >= 0.3 is 0 Å². The molecule has 3 nitrogen and oxygen atoms in total. The average molecular weight is 263 g/mol. The number of para-hydroxylation sites is 1. The Morgan fingerprint density at radius 1 is 1.26 bits per heavy atom. The van der Waals surface area contributed by atoms with Crippen LogP contribution in [0.5, 0.6) is 0 Å². The Labute approximate surface area is 115 Å². The molecule has 0 saturated carbocycles. The van der Waals surface area contributed by atoms with Crippen LogP contribution in [0, 0.1) is 0 Å². The lowest BCUT2D eigenvalue weighted by Gasteiger charge is -2.34. The number of hydrogen-bond acceptors (Lipinski definition) is 3. The van der Waals surface area contributed by atoms with Gasteiger partial charge in [-0.3, -0.25) is 0 Å². The molecule has 0 radical (unpaired) electrons. The molecule has 106 valence electrons. The van der Waals surface area contributed by atoms with E-state index in [2.05, 4.69) is 11.0 Å². The first-order valence-corrected chi connectivity index (χ1v) is 7.34. The van der Waals surface area contributed by atoms with Crippen molar-refractivity contribution in [3.63, 3.8) is 0 Å². The highest BCUT2D eigenvalue weighted by Gasteiger charge is 2.29. The summed E-state index contributed by atoms with van der Waals surface area (Å²) in [5.41, 5.74) is 1.44. The molecule has 1 atom stereocenters. The van der Waals surface area contributed by atoms with E-state index >= 15 is 0 Å². The molecule has 1 aromatic rings. The molecule has 0 bridgehead atoms. The summed E-state index contributed by atoms with van der Waals surface area (Å²) >= 11 is 0. The second-order valence-electron chi connectivity index (χ2n) is 5.57. The molecule has 0 spiro atoms. The summed E-state index contributed by atoms with van der Waals surface area (Å²) in [5, 5.41) is 20.7. The Morgan fingerprint density at radius 3 is 2.63 bits per heavy atom. The Balaban J connectivity index is 2.28. The number of fused-ring (bicyclic) bond motifs is 1. The Bertz CT molecular complexity index is 415. The second kappa shape index (κ2) is 5.93. The lowest BCUT2D eigenvalue weighted by atomic mass is 9.96. The van der Waals surface area contributed by atoms with Crippen LogP contribution >= 0.6 is 0 Å². The van der Waals surface area contributed by atoms with Crippen molar-refractivity contribution in [2.24, 2.45) is 0 Å². The van der Waals surface area contributed by atoms with E-state index in [0.717, 1.165) is 43.5 Å². The Morgan fingerprint density at radius 2 is 1.95 bits per heavy atom. The fourth-order valence-electron chi connectivity index (χ4n) is 2.80. The van der Waals surface area contributed by atoms with Gasteiger partial charge in [0.15, 0.2) is 0 Å². The van der Waals surface area contributed by atoms with Crippen molar-refractivity contribution in [1.82, 2.24) is 0 Å². The van der Waals surface area contributed by atoms with Gasteiger partial charge in [0, 0.05) is 24.3 Å². The number of hydrogen-bond donors (Lipinski definition) is 2. The number of rotatable bonds is 4. The SMILES string of the molecule is CCC(O)(CC)CN1CCCC(O)c2ccccc21. The minimum absolute atomic E-state index is 0.377. The normalized spacial score (nSPS) is 20.0. The lowest BCUT2D eigenvalue weighted by molar-refractivity contribution is 0.0393. The molecule has 19 heavy (non-hydrogen) atoms. The van der Waals surface area contributed by atoms with E-state index in [1.165, 1.54) is 0 Å². The molecule has 2 rings (SSSR count). The lowest BCUT2D eigenvalue weighted by Crippen LogP contribution is -2.42. The first-order chi connectivity index (χ1) is 9.09. The summed E-state index contributed by atoms with van der Waals surface area (Å²) < 4.78 is 0. The number of β-amino-alcohol motifs (C(OH)–C–C–N with tert-alkyl or cyclic N) is 1. The molecule has 0 amide bonds. The summed E-state index contributed by atoms with van der Waals surface area (Å²) in [6.45, 7) is 5.60. The van der Waals surface area contributed by atoms with Crippen LogP contribution in [0.1, 0.15) is 51.2 Å². The van der Waals surface area contributed by atoms with Crippen molar-refractivity contribution >= 4 is 5.69 Å². The number of aliphatic hydroxyl groups is 2. The predicted octanol–water partition coefficient (Wildman–Crippen LogP) is 2.87. The highest BCUT2D eigenvalue weighted by molar-refractivity contribution is 5.55. The largest absolute Gasteiger partial charge is 0.388 e. The summed E-state index contributed by atoms with van der Waals surface area (Å²) in [7, 11) is 0. The molecule has 0 aromatic heterocycles. The van der Waals surface area contributed by atoms with E-state index in [0.29, 0.717) is 6.54 Å². The average Bonchev–Trinajstić information content (AvgIpc) is 2.60. The first kappa shape index (κ1) is 14.4. The van der Waals surface area contributed by atoms with Gasteiger partial charge in [-0.1, -0.05) is 32.0 Å².